The van der Waals surface area contributed by atoms with E-state index in [4.69, 9.17) is 5.26 Å². The number of likely N-dealkylation sites (tertiary alicyclic amines) is 1. The van der Waals surface area contributed by atoms with E-state index in [1.807, 2.05) is 6.07 Å². The second-order valence-corrected chi connectivity index (χ2v) is 3.00. The molecule has 0 aliphatic carbocycles. The molecule has 0 unspecified atom stereocenters. The minimum Gasteiger partial charge on any atom is -0.343 e. The monoisotopic (exact) mass is 181 g/mol. The summed E-state index contributed by atoms with van der Waals surface area (Å²) >= 11 is 0. The van der Waals surface area contributed by atoms with Gasteiger partial charge in [-0.25, -0.2) is 0 Å². The summed E-state index contributed by atoms with van der Waals surface area (Å²) in [4.78, 5) is 23.5. The van der Waals surface area contributed by atoms with Crippen LogP contribution in [0.3, 0.4) is 0 Å². The fourth-order valence-electron chi connectivity index (χ4n) is 1.17. The van der Waals surface area contributed by atoms with Crippen LogP contribution in [0.1, 0.15) is 6.92 Å². The summed E-state index contributed by atoms with van der Waals surface area (Å²) in [5.41, 5.74) is 0. The van der Waals surface area contributed by atoms with Gasteiger partial charge in [0.25, 0.3) is 0 Å². The average Bonchev–Trinajstić information content (AvgIpc) is 1.97. The molecule has 13 heavy (non-hydrogen) atoms. The standard InChI is InChI=1S/C8H11N3O2/c1-6(12)11-4-7(5-11)8(13)10-3-2-9/h7H,3-5H2,1H3,(H,10,13). The molecule has 0 spiro atoms. The van der Waals surface area contributed by atoms with Crippen LogP contribution in [0, 0.1) is 17.2 Å². The zero-order chi connectivity index (χ0) is 9.84. The molecular formula is C8H11N3O2. The maximum Gasteiger partial charge on any atom is 0.227 e. The van der Waals surface area contributed by atoms with Crippen LogP contribution < -0.4 is 5.32 Å². The summed E-state index contributed by atoms with van der Waals surface area (Å²) in [6.07, 6.45) is 0. The smallest absolute Gasteiger partial charge is 0.227 e. The van der Waals surface area contributed by atoms with Gasteiger partial charge in [-0.05, 0) is 0 Å². The number of amides is 2. The maximum atomic E-state index is 11.2. The van der Waals surface area contributed by atoms with E-state index in [2.05, 4.69) is 5.32 Å². The molecule has 2 amide bonds. The van der Waals surface area contributed by atoms with Gasteiger partial charge in [0.2, 0.25) is 11.8 Å². The molecular weight excluding hydrogens is 170 g/mol. The second-order valence-electron chi connectivity index (χ2n) is 3.00. The van der Waals surface area contributed by atoms with Crippen LogP contribution in [-0.4, -0.2) is 36.3 Å². The lowest BCUT2D eigenvalue weighted by atomic mass is 9.99. The van der Waals surface area contributed by atoms with Gasteiger partial charge in [0.15, 0.2) is 0 Å². The van der Waals surface area contributed by atoms with Crippen LogP contribution in [0.25, 0.3) is 0 Å². The summed E-state index contributed by atoms with van der Waals surface area (Å²) in [5, 5.41) is 10.7. The Kier molecular flexibility index (Phi) is 2.85. The van der Waals surface area contributed by atoms with E-state index in [1.54, 1.807) is 4.90 Å². The minimum absolute atomic E-state index is 0.00988. The first-order valence-corrected chi connectivity index (χ1v) is 4.05. The molecule has 0 aromatic heterocycles. The Morgan fingerprint density at radius 3 is 2.69 bits per heavy atom. The third-order valence-corrected chi connectivity index (χ3v) is 2.04. The fourth-order valence-corrected chi connectivity index (χ4v) is 1.17. The van der Waals surface area contributed by atoms with Gasteiger partial charge in [0.1, 0.15) is 6.54 Å². The molecule has 1 aliphatic heterocycles. The van der Waals surface area contributed by atoms with Crippen LogP contribution in [0.4, 0.5) is 0 Å². The Labute approximate surface area is 76.3 Å². The summed E-state index contributed by atoms with van der Waals surface area (Å²) in [6.45, 7) is 2.47. The minimum atomic E-state index is -0.140. The van der Waals surface area contributed by atoms with E-state index >= 15 is 0 Å². The normalized spacial score (nSPS) is 15.8. The van der Waals surface area contributed by atoms with Crippen molar-refractivity contribution in [2.45, 2.75) is 6.92 Å². The van der Waals surface area contributed by atoms with Crippen molar-refractivity contribution >= 4 is 11.8 Å². The van der Waals surface area contributed by atoms with Crippen molar-refractivity contribution < 1.29 is 9.59 Å². The van der Waals surface area contributed by atoms with E-state index in [0.717, 1.165) is 0 Å². The molecule has 1 saturated heterocycles. The second kappa shape index (κ2) is 3.90. The molecule has 1 heterocycles. The first kappa shape index (κ1) is 9.52. The molecule has 5 heteroatoms. The Morgan fingerprint density at radius 2 is 2.23 bits per heavy atom. The van der Waals surface area contributed by atoms with Gasteiger partial charge in [0.05, 0.1) is 12.0 Å². The van der Waals surface area contributed by atoms with Crippen LogP contribution >= 0.6 is 0 Å². The van der Waals surface area contributed by atoms with Gasteiger partial charge in [0, 0.05) is 20.0 Å². The van der Waals surface area contributed by atoms with Crippen LogP contribution in [0.15, 0.2) is 0 Å². The van der Waals surface area contributed by atoms with E-state index < -0.39 is 0 Å². The van der Waals surface area contributed by atoms with Gasteiger partial charge in [-0.3, -0.25) is 9.59 Å². The Morgan fingerprint density at radius 1 is 1.62 bits per heavy atom. The first-order valence-electron chi connectivity index (χ1n) is 4.05. The van der Waals surface area contributed by atoms with Crippen molar-refractivity contribution in [3.05, 3.63) is 0 Å². The molecule has 0 aromatic carbocycles. The SMILES string of the molecule is CC(=O)N1CC(C(=O)NCC#N)C1. The Hall–Kier alpha value is -1.57. The third kappa shape index (κ3) is 2.18. The highest BCUT2D eigenvalue weighted by atomic mass is 16.2. The van der Waals surface area contributed by atoms with Crippen molar-refractivity contribution in [2.24, 2.45) is 5.92 Å². The molecule has 0 atom stereocenters. The molecule has 0 bridgehead atoms. The highest BCUT2D eigenvalue weighted by Crippen LogP contribution is 2.14. The number of rotatable bonds is 2. The number of carbonyl (C=O) groups excluding carboxylic acids is 2. The molecule has 5 nitrogen and oxygen atoms in total. The highest BCUT2D eigenvalue weighted by molar-refractivity contribution is 5.83. The van der Waals surface area contributed by atoms with E-state index in [1.165, 1.54) is 6.92 Å². The Bertz CT molecular complexity index is 263. The molecule has 1 fully saturated rings. The van der Waals surface area contributed by atoms with Gasteiger partial charge in [-0.1, -0.05) is 0 Å². The molecule has 0 saturated carbocycles. The van der Waals surface area contributed by atoms with Crippen molar-refractivity contribution in [1.82, 2.24) is 10.2 Å². The molecule has 0 aromatic rings. The molecule has 1 rings (SSSR count). The lowest BCUT2D eigenvalue weighted by Crippen LogP contribution is -2.55. The van der Waals surface area contributed by atoms with E-state index in [-0.39, 0.29) is 24.3 Å². The quantitative estimate of drug-likeness (QED) is 0.561. The maximum absolute atomic E-state index is 11.2. The lowest BCUT2D eigenvalue weighted by Gasteiger charge is -2.37. The predicted octanol–water partition coefficient (Wildman–Crippen LogP) is -0.896. The van der Waals surface area contributed by atoms with Crippen LogP contribution in [-0.2, 0) is 9.59 Å². The number of carbonyl (C=O) groups is 2. The summed E-state index contributed by atoms with van der Waals surface area (Å²) in [5.74, 6) is -0.277. The predicted molar refractivity (Wildman–Crippen MR) is 44.4 cm³/mol. The molecule has 70 valence electrons. The molecule has 1 N–H and O–H groups in total. The number of nitriles is 1. The number of hydrogen-bond acceptors (Lipinski definition) is 3. The largest absolute Gasteiger partial charge is 0.343 e. The summed E-state index contributed by atoms with van der Waals surface area (Å²) < 4.78 is 0. The number of nitrogens with zero attached hydrogens (tertiary/aromatic N) is 2. The van der Waals surface area contributed by atoms with Crippen molar-refractivity contribution in [2.75, 3.05) is 19.6 Å². The van der Waals surface area contributed by atoms with Crippen molar-refractivity contribution in [3.63, 3.8) is 0 Å². The van der Waals surface area contributed by atoms with Crippen LogP contribution in [0.2, 0.25) is 0 Å². The van der Waals surface area contributed by atoms with Crippen LogP contribution in [0.5, 0.6) is 0 Å². The van der Waals surface area contributed by atoms with Crippen molar-refractivity contribution in [3.8, 4) is 6.07 Å². The number of hydrogen-bond donors (Lipinski definition) is 1. The fraction of sp³-hybridized carbons (Fsp3) is 0.625. The lowest BCUT2D eigenvalue weighted by molar-refractivity contribution is -0.141. The summed E-state index contributed by atoms with van der Waals surface area (Å²) in [7, 11) is 0. The zero-order valence-electron chi connectivity index (χ0n) is 7.41. The van der Waals surface area contributed by atoms with E-state index in [0.29, 0.717) is 13.1 Å². The van der Waals surface area contributed by atoms with Gasteiger partial charge in [-0.15, -0.1) is 0 Å². The zero-order valence-corrected chi connectivity index (χ0v) is 7.41. The van der Waals surface area contributed by atoms with Gasteiger partial charge < -0.3 is 10.2 Å². The topological polar surface area (TPSA) is 73.2 Å². The third-order valence-electron chi connectivity index (χ3n) is 2.04. The molecule has 0 radical (unpaired) electrons. The average molecular weight is 181 g/mol. The molecule has 1 aliphatic rings. The first-order chi connectivity index (χ1) is 6.15. The van der Waals surface area contributed by atoms with E-state index in [9.17, 15) is 9.59 Å². The van der Waals surface area contributed by atoms with Crippen molar-refractivity contribution in [1.29, 1.82) is 5.26 Å². The Balaban J connectivity index is 2.24. The number of nitrogens with one attached hydrogen (secondary N) is 1. The summed E-state index contributed by atoms with van der Waals surface area (Å²) in [6, 6.07) is 1.82. The highest BCUT2D eigenvalue weighted by Gasteiger charge is 2.33. The van der Waals surface area contributed by atoms with Gasteiger partial charge >= 0.3 is 0 Å². The van der Waals surface area contributed by atoms with Gasteiger partial charge in [-0.2, -0.15) is 5.26 Å².